The Morgan fingerprint density at radius 1 is 1.26 bits per heavy atom. The number of isocyanates is 1. The second-order valence-electron chi connectivity index (χ2n) is 10.7. The summed E-state index contributed by atoms with van der Waals surface area (Å²) >= 11 is 0. The van der Waals surface area contributed by atoms with E-state index in [1.54, 1.807) is 6.08 Å². The highest BCUT2D eigenvalue weighted by molar-refractivity contribution is 5.85. The smallest absolute Gasteiger partial charge is 0.317 e. The van der Waals surface area contributed by atoms with Gasteiger partial charge in [-0.25, -0.2) is 14.6 Å². The molecule has 166 valence electrons. The van der Waals surface area contributed by atoms with Crippen molar-refractivity contribution in [3.8, 4) is 0 Å². The number of fused-ring (bicyclic) bond motifs is 3. The van der Waals surface area contributed by atoms with Crippen molar-refractivity contribution in [2.75, 3.05) is 19.6 Å². The highest BCUT2D eigenvalue weighted by atomic mass is 16.2. The average molecular weight is 423 g/mol. The summed E-state index contributed by atoms with van der Waals surface area (Å²) in [5.74, 6) is 0. The lowest BCUT2D eigenvalue weighted by molar-refractivity contribution is 0.0832. The van der Waals surface area contributed by atoms with Gasteiger partial charge in [0.25, 0.3) is 0 Å². The van der Waals surface area contributed by atoms with Crippen LogP contribution in [0.25, 0.3) is 10.9 Å². The molecule has 6 nitrogen and oxygen atoms in total. The van der Waals surface area contributed by atoms with Crippen LogP contribution < -0.4 is 5.32 Å². The lowest BCUT2D eigenvalue weighted by Crippen LogP contribution is -2.48. The first kappa shape index (κ1) is 21.6. The summed E-state index contributed by atoms with van der Waals surface area (Å²) in [7, 11) is 0. The number of H-pyrrole nitrogens is 1. The number of aryl methyl sites for hydroxylation is 1. The summed E-state index contributed by atoms with van der Waals surface area (Å²) in [6, 6.07) is 6.52. The van der Waals surface area contributed by atoms with E-state index < -0.39 is 0 Å². The van der Waals surface area contributed by atoms with Gasteiger partial charge in [-0.3, -0.25) is 0 Å². The van der Waals surface area contributed by atoms with Gasteiger partial charge >= 0.3 is 6.03 Å². The normalized spacial score (nSPS) is 25.4. The number of urea groups is 1. The zero-order valence-corrected chi connectivity index (χ0v) is 19.2. The lowest BCUT2D eigenvalue weighted by Gasteiger charge is -2.45. The number of hydrogen-bond donors (Lipinski definition) is 2. The van der Waals surface area contributed by atoms with Gasteiger partial charge in [-0.05, 0) is 61.1 Å². The molecule has 2 aromatic rings. The van der Waals surface area contributed by atoms with Crippen LogP contribution in [0.2, 0.25) is 0 Å². The third kappa shape index (κ3) is 4.69. The molecule has 0 saturated heterocycles. The van der Waals surface area contributed by atoms with Gasteiger partial charge in [-0.2, -0.15) is 0 Å². The van der Waals surface area contributed by atoms with E-state index in [-0.39, 0.29) is 22.9 Å². The molecule has 31 heavy (non-hydrogen) atoms. The summed E-state index contributed by atoms with van der Waals surface area (Å²) in [5.41, 5.74) is 5.07. The first-order valence-electron chi connectivity index (χ1n) is 11.4. The monoisotopic (exact) mass is 422 g/mol. The molecule has 2 heterocycles. The van der Waals surface area contributed by atoms with E-state index in [1.807, 2.05) is 4.90 Å². The van der Waals surface area contributed by atoms with Crippen LogP contribution in [0.1, 0.15) is 56.9 Å². The Labute approximate surface area is 184 Å². The fraction of sp³-hybridized carbons (Fsp3) is 0.600. The van der Waals surface area contributed by atoms with Gasteiger partial charge in [0.05, 0.1) is 6.04 Å². The predicted octanol–water partition coefficient (Wildman–Crippen LogP) is 4.51. The van der Waals surface area contributed by atoms with Crippen LogP contribution in [0.15, 0.2) is 23.2 Å². The molecule has 1 aliphatic heterocycles. The zero-order valence-electron chi connectivity index (χ0n) is 19.2. The van der Waals surface area contributed by atoms with Crippen molar-refractivity contribution in [3.63, 3.8) is 0 Å². The molecule has 4 rings (SSSR count). The third-order valence-corrected chi connectivity index (χ3v) is 7.02. The number of aromatic nitrogens is 1. The molecule has 1 fully saturated rings. The van der Waals surface area contributed by atoms with Crippen LogP contribution in [0.4, 0.5) is 4.79 Å². The molecule has 0 radical (unpaired) electrons. The van der Waals surface area contributed by atoms with E-state index in [4.69, 9.17) is 0 Å². The second kappa shape index (κ2) is 8.16. The maximum atomic E-state index is 13.0. The maximum Gasteiger partial charge on any atom is 0.317 e. The van der Waals surface area contributed by atoms with Crippen LogP contribution in [-0.2, 0) is 17.6 Å². The van der Waals surface area contributed by atoms with Gasteiger partial charge in [0, 0.05) is 42.7 Å². The molecule has 6 heteroatoms. The Hall–Kier alpha value is -2.59. The van der Waals surface area contributed by atoms with Crippen LogP contribution in [0, 0.1) is 17.8 Å². The molecule has 1 aromatic heterocycles. The van der Waals surface area contributed by atoms with E-state index in [2.05, 4.69) is 61.2 Å². The molecule has 0 bridgehead atoms. The molecule has 2 unspecified atom stereocenters. The first-order valence-corrected chi connectivity index (χ1v) is 11.4. The van der Waals surface area contributed by atoms with Gasteiger partial charge in [-0.1, -0.05) is 32.4 Å². The van der Waals surface area contributed by atoms with E-state index in [0.717, 1.165) is 38.6 Å². The van der Waals surface area contributed by atoms with Crippen molar-refractivity contribution in [1.29, 1.82) is 0 Å². The third-order valence-electron chi connectivity index (χ3n) is 7.02. The molecule has 2 aliphatic rings. The number of nitrogens with one attached hydrogen (secondary N) is 2. The number of benzene rings is 1. The Morgan fingerprint density at radius 3 is 2.81 bits per heavy atom. The molecule has 2 amide bonds. The number of hydrogen-bond acceptors (Lipinski definition) is 3. The number of carbonyl (C=O) groups is 1. The van der Waals surface area contributed by atoms with Crippen LogP contribution in [-0.4, -0.2) is 47.7 Å². The van der Waals surface area contributed by atoms with Crippen molar-refractivity contribution in [2.45, 2.75) is 65.8 Å². The van der Waals surface area contributed by atoms with Crippen LogP contribution in [0.5, 0.6) is 0 Å². The van der Waals surface area contributed by atoms with E-state index in [1.165, 1.54) is 27.7 Å². The van der Waals surface area contributed by atoms with Crippen LogP contribution in [0.3, 0.4) is 0 Å². The minimum Gasteiger partial charge on any atom is -0.358 e. The SMILES string of the molecule is Cc1ccc2[nH]c3c(c2c1)CCN(C(=O)NCC1(C)CC(N=C=O)CC(C)(C)C1)CC3. The molecular weight excluding hydrogens is 388 g/mol. The van der Waals surface area contributed by atoms with Crippen molar-refractivity contribution >= 4 is 23.0 Å². The second-order valence-corrected chi connectivity index (χ2v) is 10.7. The molecule has 0 spiro atoms. The van der Waals surface area contributed by atoms with Gasteiger partial charge in [0.15, 0.2) is 0 Å². The largest absolute Gasteiger partial charge is 0.358 e. The van der Waals surface area contributed by atoms with E-state index >= 15 is 0 Å². The summed E-state index contributed by atoms with van der Waals surface area (Å²) in [4.78, 5) is 33.3. The quantitative estimate of drug-likeness (QED) is 0.564. The zero-order chi connectivity index (χ0) is 22.2. The molecular formula is C25H34N4O2. The Balaban J connectivity index is 1.40. The molecule has 1 saturated carbocycles. The highest BCUT2D eigenvalue weighted by Crippen LogP contribution is 2.46. The summed E-state index contributed by atoms with van der Waals surface area (Å²) in [6.07, 6.45) is 6.15. The summed E-state index contributed by atoms with van der Waals surface area (Å²) in [6.45, 7) is 10.8. The standard InChI is InChI=1S/C25H34N4O2/c1-17-5-6-21-20(11-17)19-7-9-29(10-8-22(19)28-21)23(31)26-15-25(4)13-18(27-16-30)12-24(2,3)14-25/h5-6,11,18,28H,7-10,12-15H2,1-4H3,(H,26,31). The number of carbonyl (C=O) groups excluding carboxylic acids is 2. The van der Waals surface area contributed by atoms with Gasteiger partial charge in [0.2, 0.25) is 6.08 Å². The van der Waals surface area contributed by atoms with Crippen LogP contribution >= 0.6 is 0 Å². The van der Waals surface area contributed by atoms with E-state index in [0.29, 0.717) is 13.1 Å². The summed E-state index contributed by atoms with van der Waals surface area (Å²) in [5, 5.41) is 4.48. The molecule has 2 N–H and O–H groups in total. The Morgan fingerprint density at radius 2 is 2.03 bits per heavy atom. The Bertz CT molecular complexity index is 1030. The van der Waals surface area contributed by atoms with Gasteiger partial charge in [0.1, 0.15) is 0 Å². The number of nitrogens with zero attached hydrogens (tertiary/aromatic N) is 2. The fourth-order valence-electron chi connectivity index (χ4n) is 6.00. The minimum atomic E-state index is -0.0771. The Kier molecular flexibility index (Phi) is 5.69. The number of aromatic amines is 1. The van der Waals surface area contributed by atoms with Crippen molar-refractivity contribution in [1.82, 2.24) is 15.2 Å². The van der Waals surface area contributed by atoms with Gasteiger partial charge < -0.3 is 15.2 Å². The maximum absolute atomic E-state index is 13.0. The number of aliphatic imine (C=N–C) groups is 1. The van der Waals surface area contributed by atoms with Crippen molar-refractivity contribution < 1.29 is 9.59 Å². The fourth-order valence-corrected chi connectivity index (χ4v) is 6.00. The number of rotatable bonds is 3. The topological polar surface area (TPSA) is 77.6 Å². The molecule has 1 aromatic carbocycles. The molecule has 1 aliphatic carbocycles. The highest BCUT2D eigenvalue weighted by Gasteiger charge is 2.41. The minimum absolute atomic E-state index is 0.00526. The average Bonchev–Trinajstić information content (AvgIpc) is 2.87. The van der Waals surface area contributed by atoms with Gasteiger partial charge in [-0.15, -0.1) is 0 Å². The van der Waals surface area contributed by atoms with E-state index in [9.17, 15) is 9.59 Å². The molecule has 2 atom stereocenters. The van der Waals surface area contributed by atoms with Crippen molar-refractivity contribution in [3.05, 3.63) is 35.0 Å². The van der Waals surface area contributed by atoms with Crippen molar-refractivity contribution in [2.24, 2.45) is 15.8 Å². The first-order chi connectivity index (χ1) is 14.7. The predicted molar refractivity (Wildman–Crippen MR) is 123 cm³/mol. The lowest BCUT2D eigenvalue weighted by atomic mass is 9.63. The summed E-state index contributed by atoms with van der Waals surface area (Å²) < 4.78 is 0. The number of amides is 2.